The number of aryl methyl sites for hydroxylation is 1. The van der Waals surface area contributed by atoms with Crippen molar-refractivity contribution in [3.63, 3.8) is 0 Å². The van der Waals surface area contributed by atoms with Crippen molar-refractivity contribution in [3.8, 4) is 0 Å². The average Bonchev–Trinajstić information content (AvgIpc) is 2.82. The fourth-order valence-corrected chi connectivity index (χ4v) is 2.59. The Morgan fingerprint density at radius 3 is 2.81 bits per heavy atom. The van der Waals surface area contributed by atoms with Crippen LogP contribution in [0.25, 0.3) is 0 Å². The molecule has 0 spiro atoms. The molecule has 112 valence electrons. The maximum absolute atomic E-state index is 13.8. The minimum absolute atomic E-state index is 0.0957. The predicted molar refractivity (Wildman–Crippen MR) is 77.9 cm³/mol. The second-order valence-electron chi connectivity index (χ2n) is 4.51. The molecule has 1 aromatic carbocycles. The van der Waals surface area contributed by atoms with Gasteiger partial charge in [-0.15, -0.1) is 10.2 Å². The van der Waals surface area contributed by atoms with E-state index in [1.165, 1.54) is 6.07 Å². The Balaban J connectivity index is 2.27. The summed E-state index contributed by atoms with van der Waals surface area (Å²) >= 11 is 1.09. The first-order chi connectivity index (χ1) is 10.1. The van der Waals surface area contributed by atoms with Crippen molar-refractivity contribution in [2.45, 2.75) is 31.5 Å². The lowest BCUT2D eigenvalue weighted by Crippen LogP contribution is -2.09. The third-order valence-electron chi connectivity index (χ3n) is 2.88. The number of carboxylic acids is 1. The number of rotatable bonds is 7. The Bertz CT molecular complexity index is 630. The average molecular weight is 309 g/mol. The maximum atomic E-state index is 13.8. The Kier molecular flexibility index (Phi) is 5.32. The number of carbonyl (C=O) groups is 1. The molecular formula is C14H16FN3O2S. The number of hydrogen-bond acceptors (Lipinski definition) is 4. The molecule has 0 amide bonds. The van der Waals surface area contributed by atoms with Crippen molar-refractivity contribution in [1.29, 1.82) is 0 Å². The zero-order valence-electron chi connectivity index (χ0n) is 11.6. The monoisotopic (exact) mass is 309 g/mol. The number of carboxylic acid groups (broad SMARTS) is 1. The summed E-state index contributed by atoms with van der Waals surface area (Å²) in [5, 5.41) is 17.4. The van der Waals surface area contributed by atoms with Crippen molar-refractivity contribution in [3.05, 3.63) is 41.5 Å². The zero-order valence-corrected chi connectivity index (χ0v) is 12.4. The topological polar surface area (TPSA) is 68.0 Å². The summed E-state index contributed by atoms with van der Waals surface area (Å²) in [7, 11) is 0. The lowest BCUT2D eigenvalue weighted by molar-refractivity contribution is -0.133. The van der Waals surface area contributed by atoms with Crippen molar-refractivity contribution in [2.24, 2.45) is 0 Å². The Labute approximate surface area is 126 Å². The highest BCUT2D eigenvalue weighted by Gasteiger charge is 2.15. The summed E-state index contributed by atoms with van der Waals surface area (Å²) in [6.07, 6.45) is 1.61. The van der Waals surface area contributed by atoms with E-state index in [0.29, 0.717) is 17.3 Å². The summed E-state index contributed by atoms with van der Waals surface area (Å²) in [5.74, 6) is -0.560. The molecule has 0 saturated carbocycles. The molecule has 7 heteroatoms. The highest BCUT2D eigenvalue weighted by atomic mass is 32.2. The van der Waals surface area contributed by atoms with E-state index in [9.17, 15) is 9.18 Å². The second-order valence-corrected chi connectivity index (χ2v) is 5.45. The standard InChI is InChI=1S/C14H16FN3O2S/c1-2-5-12-16-17-14(21-9-13(19)20)18(12)8-10-6-3-4-7-11(10)15/h3-4,6-7H,2,5,8-9H2,1H3,(H,19,20). The molecule has 0 fully saturated rings. The minimum atomic E-state index is -0.919. The van der Waals surface area contributed by atoms with Crippen LogP contribution < -0.4 is 0 Å². The summed E-state index contributed by atoms with van der Waals surface area (Å²) in [6, 6.07) is 6.52. The molecule has 0 atom stereocenters. The summed E-state index contributed by atoms with van der Waals surface area (Å²) in [6.45, 7) is 2.32. The molecule has 0 aliphatic heterocycles. The van der Waals surface area contributed by atoms with Crippen LogP contribution in [-0.4, -0.2) is 31.6 Å². The van der Waals surface area contributed by atoms with Crippen molar-refractivity contribution >= 4 is 17.7 Å². The fourth-order valence-electron chi connectivity index (χ4n) is 1.92. The molecular weight excluding hydrogens is 293 g/mol. The molecule has 0 bridgehead atoms. The fraction of sp³-hybridized carbons (Fsp3) is 0.357. The van der Waals surface area contributed by atoms with Gasteiger partial charge in [-0.2, -0.15) is 0 Å². The number of aromatic nitrogens is 3. The van der Waals surface area contributed by atoms with Crippen LogP contribution in [0.3, 0.4) is 0 Å². The van der Waals surface area contributed by atoms with Gasteiger partial charge in [0.05, 0.1) is 12.3 Å². The molecule has 0 radical (unpaired) electrons. The first-order valence-corrected chi connectivity index (χ1v) is 7.60. The van der Waals surface area contributed by atoms with Gasteiger partial charge in [-0.05, 0) is 12.5 Å². The molecule has 1 aromatic heterocycles. The van der Waals surface area contributed by atoms with E-state index < -0.39 is 5.97 Å². The van der Waals surface area contributed by atoms with Crippen LogP contribution in [0.1, 0.15) is 24.7 Å². The lowest BCUT2D eigenvalue weighted by Gasteiger charge is -2.10. The smallest absolute Gasteiger partial charge is 0.313 e. The number of halogens is 1. The van der Waals surface area contributed by atoms with Gasteiger partial charge in [-0.3, -0.25) is 4.79 Å². The van der Waals surface area contributed by atoms with E-state index in [0.717, 1.165) is 30.4 Å². The van der Waals surface area contributed by atoms with Gasteiger partial charge >= 0.3 is 5.97 Å². The van der Waals surface area contributed by atoms with Gasteiger partial charge in [0.15, 0.2) is 5.16 Å². The van der Waals surface area contributed by atoms with E-state index in [1.807, 2.05) is 6.92 Å². The number of benzene rings is 1. The maximum Gasteiger partial charge on any atom is 0.313 e. The molecule has 2 rings (SSSR count). The second kappa shape index (κ2) is 7.21. The van der Waals surface area contributed by atoms with Crippen LogP contribution in [0.15, 0.2) is 29.4 Å². The van der Waals surface area contributed by atoms with Gasteiger partial charge in [-0.25, -0.2) is 4.39 Å². The first-order valence-electron chi connectivity index (χ1n) is 6.62. The van der Waals surface area contributed by atoms with E-state index in [1.54, 1.807) is 22.8 Å². The number of hydrogen-bond donors (Lipinski definition) is 1. The molecule has 1 N–H and O–H groups in total. The number of thioether (sulfide) groups is 1. The molecule has 1 heterocycles. The van der Waals surface area contributed by atoms with Gasteiger partial charge in [0, 0.05) is 12.0 Å². The lowest BCUT2D eigenvalue weighted by atomic mass is 10.2. The van der Waals surface area contributed by atoms with Crippen molar-refractivity contribution in [1.82, 2.24) is 14.8 Å². The Hall–Kier alpha value is -1.89. The van der Waals surface area contributed by atoms with Crippen LogP contribution in [0.4, 0.5) is 4.39 Å². The van der Waals surface area contributed by atoms with Crippen LogP contribution >= 0.6 is 11.8 Å². The van der Waals surface area contributed by atoms with Crippen LogP contribution in [0.2, 0.25) is 0 Å². The summed E-state index contributed by atoms with van der Waals surface area (Å²) < 4.78 is 15.6. The number of aliphatic carboxylic acids is 1. The van der Waals surface area contributed by atoms with Gasteiger partial charge < -0.3 is 9.67 Å². The van der Waals surface area contributed by atoms with Gasteiger partial charge in [0.25, 0.3) is 0 Å². The minimum Gasteiger partial charge on any atom is -0.481 e. The Morgan fingerprint density at radius 2 is 2.14 bits per heavy atom. The molecule has 21 heavy (non-hydrogen) atoms. The quantitative estimate of drug-likeness (QED) is 0.796. The van der Waals surface area contributed by atoms with Crippen molar-refractivity contribution in [2.75, 3.05) is 5.75 Å². The van der Waals surface area contributed by atoms with Crippen LogP contribution in [0, 0.1) is 5.82 Å². The first kappa shape index (κ1) is 15.5. The highest BCUT2D eigenvalue weighted by Crippen LogP contribution is 2.20. The van der Waals surface area contributed by atoms with Gasteiger partial charge in [0.1, 0.15) is 11.6 Å². The van der Waals surface area contributed by atoms with E-state index >= 15 is 0 Å². The molecule has 0 unspecified atom stereocenters. The van der Waals surface area contributed by atoms with Gasteiger partial charge in [-0.1, -0.05) is 36.9 Å². The van der Waals surface area contributed by atoms with Crippen LogP contribution in [0.5, 0.6) is 0 Å². The molecule has 0 aliphatic rings. The third-order valence-corrected chi connectivity index (χ3v) is 3.83. The number of nitrogens with zero attached hydrogens (tertiary/aromatic N) is 3. The zero-order chi connectivity index (χ0) is 15.2. The third kappa shape index (κ3) is 4.04. The summed E-state index contributed by atoms with van der Waals surface area (Å²) in [5.41, 5.74) is 0.534. The SMILES string of the molecule is CCCc1nnc(SCC(=O)O)n1Cc1ccccc1F. The normalized spacial score (nSPS) is 10.8. The Morgan fingerprint density at radius 1 is 1.38 bits per heavy atom. The molecule has 0 saturated heterocycles. The predicted octanol–water partition coefficient (Wildman–Crippen LogP) is 2.59. The highest BCUT2D eigenvalue weighted by molar-refractivity contribution is 7.99. The largest absolute Gasteiger partial charge is 0.481 e. The molecule has 0 aliphatic carbocycles. The van der Waals surface area contributed by atoms with E-state index in [-0.39, 0.29) is 11.6 Å². The molecule has 2 aromatic rings. The summed E-state index contributed by atoms with van der Waals surface area (Å²) in [4.78, 5) is 10.7. The van der Waals surface area contributed by atoms with E-state index in [4.69, 9.17) is 5.11 Å². The van der Waals surface area contributed by atoms with E-state index in [2.05, 4.69) is 10.2 Å². The van der Waals surface area contributed by atoms with Crippen LogP contribution in [-0.2, 0) is 17.8 Å². The molecule has 5 nitrogen and oxygen atoms in total. The van der Waals surface area contributed by atoms with Crippen molar-refractivity contribution < 1.29 is 14.3 Å². The van der Waals surface area contributed by atoms with Gasteiger partial charge in [0.2, 0.25) is 0 Å².